The zero-order valence-electron chi connectivity index (χ0n) is 18.7. The molecule has 0 amide bonds. The molecule has 34 heavy (non-hydrogen) atoms. The van der Waals surface area contributed by atoms with Crippen LogP contribution in [0.15, 0.2) is 54.6 Å². The highest BCUT2D eigenvalue weighted by molar-refractivity contribution is 6.04. The van der Waals surface area contributed by atoms with Crippen LogP contribution in [0.25, 0.3) is 27.7 Å². The third-order valence-corrected chi connectivity index (χ3v) is 6.77. The summed E-state index contributed by atoms with van der Waals surface area (Å²) in [4.78, 5) is 11.4. The van der Waals surface area contributed by atoms with Crippen molar-refractivity contribution in [1.82, 2.24) is 4.57 Å². The van der Waals surface area contributed by atoms with Crippen molar-refractivity contribution in [2.75, 3.05) is 13.2 Å². The minimum Gasteiger partial charge on any atom is -0.507 e. The molecule has 0 atom stereocenters. The van der Waals surface area contributed by atoms with E-state index in [4.69, 9.17) is 4.74 Å². The molecule has 174 valence electrons. The molecule has 0 radical (unpaired) electrons. The summed E-state index contributed by atoms with van der Waals surface area (Å²) in [6.07, 6.45) is 0.715. The fourth-order valence-corrected chi connectivity index (χ4v) is 4.82. The number of phenols is 1. The van der Waals surface area contributed by atoms with Gasteiger partial charge in [-0.1, -0.05) is 19.1 Å². The van der Waals surface area contributed by atoms with Gasteiger partial charge in [0, 0.05) is 23.0 Å². The molecule has 5 nitrogen and oxygen atoms in total. The summed E-state index contributed by atoms with van der Waals surface area (Å²) in [6, 6.07) is 13.5. The van der Waals surface area contributed by atoms with Gasteiger partial charge in [-0.3, -0.25) is 0 Å². The standard InChI is InChI=1S/C27H23F2NO4/c1-3-27(13-34-14-27)25-23(16-4-6-17(7-5-16)26(32)33)24-21(11-18(28)12-22(24)31)30(25)19-8-9-20(29)15(2)10-19/h4-12,31H,3,13-14H2,1-2H3,(H,32,33). The van der Waals surface area contributed by atoms with Gasteiger partial charge >= 0.3 is 5.97 Å². The molecule has 1 aliphatic rings. The predicted octanol–water partition coefficient (Wildman–Crippen LogP) is 5.97. The number of halogens is 2. The molecular weight excluding hydrogens is 440 g/mol. The zero-order valence-corrected chi connectivity index (χ0v) is 18.7. The van der Waals surface area contributed by atoms with Crippen LogP contribution in [-0.2, 0) is 10.2 Å². The number of rotatable bonds is 5. The largest absolute Gasteiger partial charge is 0.507 e. The van der Waals surface area contributed by atoms with Crippen LogP contribution in [0.2, 0.25) is 0 Å². The Labute approximate surface area is 194 Å². The number of carboxylic acid groups (broad SMARTS) is 1. The summed E-state index contributed by atoms with van der Waals surface area (Å²) in [5.74, 6) is -2.22. The third kappa shape index (κ3) is 3.27. The number of phenolic OH excluding ortho intramolecular Hbond substituents is 1. The Morgan fingerprint density at radius 2 is 1.79 bits per heavy atom. The molecular formula is C27H23F2NO4. The van der Waals surface area contributed by atoms with Crippen molar-refractivity contribution in [3.05, 3.63) is 83.1 Å². The smallest absolute Gasteiger partial charge is 0.335 e. The summed E-state index contributed by atoms with van der Waals surface area (Å²) in [5.41, 5.74) is 3.40. The van der Waals surface area contributed by atoms with E-state index in [0.717, 1.165) is 11.8 Å². The molecule has 3 aromatic carbocycles. The lowest BCUT2D eigenvalue weighted by atomic mass is 9.76. The SMILES string of the molecule is CCC1(c2c(-c3ccc(C(=O)O)cc3)c3c(O)cc(F)cc3n2-c2ccc(F)c(C)c2)COC1. The second-order valence-electron chi connectivity index (χ2n) is 8.82. The van der Waals surface area contributed by atoms with E-state index in [0.29, 0.717) is 52.9 Å². The van der Waals surface area contributed by atoms with Gasteiger partial charge in [-0.2, -0.15) is 0 Å². The summed E-state index contributed by atoms with van der Waals surface area (Å²) in [5, 5.41) is 20.7. The fraction of sp³-hybridized carbons (Fsp3) is 0.222. The molecule has 1 aromatic heterocycles. The van der Waals surface area contributed by atoms with E-state index >= 15 is 0 Å². The average Bonchev–Trinajstić information content (AvgIpc) is 3.11. The van der Waals surface area contributed by atoms with Gasteiger partial charge in [-0.05, 0) is 60.9 Å². The Morgan fingerprint density at radius 1 is 1.09 bits per heavy atom. The Bertz CT molecular complexity index is 1430. The number of aryl methyl sites for hydroxylation is 1. The van der Waals surface area contributed by atoms with Gasteiger partial charge in [-0.25, -0.2) is 13.6 Å². The van der Waals surface area contributed by atoms with E-state index in [-0.39, 0.29) is 17.1 Å². The number of carbonyl (C=O) groups is 1. The van der Waals surface area contributed by atoms with Crippen LogP contribution in [0.1, 0.15) is 35.0 Å². The lowest BCUT2D eigenvalue weighted by molar-refractivity contribution is -0.0644. The minimum atomic E-state index is -1.04. The highest BCUT2D eigenvalue weighted by Gasteiger charge is 2.44. The molecule has 2 heterocycles. The number of carboxylic acids is 1. The van der Waals surface area contributed by atoms with E-state index in [9.17, 15) is 23.8 Å². The number of benzene rings is 3. The molecule has 2 N–H and O–H groups in total. The van der Waals surface area contributed by atoms with E-state index < -0.39 is 17.2 Å². The topological polar surface area (TPSA) is 71.7 Å². The normalized spacial score (nSPS) is 14.8. The third-order valence-electron chi connectivity index (χ3n) is 6.77. The van der Waals surface area contributed by atoms with Crippen LogP contribution in [0.4, 0.5) is 8.78 Å². The number of hydrogen-bond donors (Lipinski definition) is 2. The Balaban J connectivity index is 1.94. The quantitative estimate of drug-likeness (QED) is 0.383. The Morgan fingerprint density at radius 3 is 2.35 bits per heavy atom. The first kappa shape index (κ1) is 22.1. The van der Waals surface area contributed by atoms with Crippen molar-refractivity contribution in [3.63, 3.8) is 0 Å². The summed E-state index contributed by atoms with van der Waals surface area (Å²) in [6.45, 7) is 4.57. The van der Waals surface area contributed by atoms with Crippen LogP contribution in [0.3, 0.4) is 0 Å². The minimum absolute atomic E-state index is 0.135. The van der Waals surface area contributed by atoms with E-state index in [1.54, 1.807) is 31.2 Å². The maximum atomic E-state index is 14.6. The van der Waals surface area contributed by atoms with Crippen LogP contribution in [0, 0.1) is 18.6 Å². The Kier molecular flexibility index (Phi) is 5.17. The number of hydrogen-bond acceptors (Lipinski definition) is 3. The van der Waals surface area contributed by atoms with Gasteiger partial charge in [0.25, 0.3) is 0 Å². The first-order valence-electron chi connectivity index (χ1n) is 11.0. The van der Waals surface area contributed by atoms with Gasteiger partial charge < -0.3 is 19.5 Å². The average molecular weight is 463 g/mol. The summed E-state index contributed by atoms with van der Waals surface area (Å²) < 4.78 is 36.2. The lowest BCUT2D eigenvalue weighted by Crippen LogP contribution is -2.47. The second-order valence-corrected chi connectivity index (χ2v) is 8.82. The van der Waals surface area contributed by atoms with Crippen molar-refractivity contribution in [2.45, 2.75) is 25.7 Å². The maximum absolute atomic E-state index is 14.6. The number of fused-ring (bicyclic) bond motifs is 1. The molecule has 0 bridgehead atoms. The molecule has 1 aliphatic heterocycles. The van der Waals surface area contributed by atoms with Crippen molar-refractivity contribution in [3.8, 4) is 22.6 Å². The molecule has 0 aliphatic carbocycles. The molecule has 5 rings (SSSR count). The highest BCUT2D eigenvalue weighted by atomic mass is 19.1. The highest BCUT2D eigenvalue weighted by Crippen LogP contribution is 2.49. The fourth-order valence-electron chi connectivity index (χ4n) is 4.82. The number of aromatic carboxylic acids is 1. The summed E-state index contributed by atoms with van der Waals surface area (Å²) in [7, 11) is 0. The van der Waals surface area contributed by atoms with Gasteiger partial charge in [0.05, 0.1) is 35.1 Å². The van der Waals surface area contributed by atoms with Crippen LogP contribution in [0.5, 0.6) is 5.75 Å². The van der Waals surface area contributed by atoms with Crippen LogP contribution >= 0.6 is 0 Å². The molecule has 1 fully saturated rings. The predicted molar refractivity (Wildman–Crippen MR) is 125 cm³/mol. The van der Waals surface area contributed by atoms with Crippen molar-refractivity contribution >= 4 is 16.9 Å². The van der Waals surface area contributed by atoms with Crippen LogP contribution in [-0.4, -0.2) is 34.0 Å². The van der Waals surface area contributed by atoms with Crippen molar-refractivity contribution in [2.24, 2.45) is 0 Å². The monoisotopic (exact) mass is 463 g/mol. The summed E-state index contributed by atoms with van der Waals surface area (Å²) >= 11 is 0. The molecule has 7 heteroatoms. The lowest BCUT2D eigenvalue weighted by Gasteiger charge is -2.42. The van der Waals surface area contributed by atoms with E-state index in [1.807, 2.05) is 11.5 Å². The molecule has 1 saturated heterocycles. The molecule has 0 spiro atoms. The number of aromatic hydroxyl groups is 1. The molecule has 0 saturated carbocycles. The number of nitrogens with zero attached hydrogens (tertiary/aromatic N) is 1. The van der Waals surface area contributed by atoms with E-state index in [2.05, 4.69) is 0 Å². The van der Waals surface area contributed by atoms with Crippen molar-refractivity contribution in [1.29, 1.82) is 0 Å². The number of aromatic nitrogens is 1. The molecule has 0 unspecified atom stereocenters. The van der Waals surface area contributed by atoms with Crippen LogP contribution < -0.4 is 0 Å². The van der Waals surface area contributed by atoms with E-state index in [1.165, 1.54) is 24.3 Å². The maximum Gasteiger partial charge on any atom is 0.335 e. The second kappa shape index (κ2) is 7.95. The Hall–Kier alpha value is -3.71. The zero-order chi connectivity index (χ0) is 24.2. The molecule has 4 aromatic rings. The number of ether oxygens (including phenoxy) is 1. The van der Waals surface area contributed by atoms with Gasteiger partial charge in [0.1, 0.15) is 17.4 Å². The van der Waals surface area contributed by atoms with Gasteiger partial charge in [-0.15, -0.1) is 0 Å². The first-order chi connectivity index (χ1) is 16.3. The first-order valence-corrected chi connectivity index (χ1v) is 11.0. The van der Waals surface area contributed by atoms with Gasteiger partial charge in [0.15, 0.2) is 0 Å². The van der Waals surface area contributed by atoms with Crippen molar-refractivity contribution < 1.29 is 28.5 Å². The van der Waals surface area contributed by atoms with Gasteiger partial charge in [0.2, 0.25) is 0 Å².